The van der Waals surface area contributed by atoms with Gasteiger partial charge in [-0.1, -0.05) is 17.7 Å². The largest absolute Gasteiger partial charge is 1.00 e. The molecule has 0 amide bonds. The van der Waals surface area contributed by atoms with Crippen LogP contribution in [0.5, 0.6) is 0 Å². The van der Waals surface area contributed by atoms with E-state index < -0.39 is 42.4 Å². The van der Waals surface area contributed by atoms with Gasteiger partial charge in [0.05, 0.1) is 12.9 Å². The van der Waals surface area contributed by atoms with Gasteiger partial charge < -0.3 is 24.7 Å². The first-order valence-electron chi connectivity index (χ1n) is 9.59. The van der Waals surface area contributed by atoms with Crippen molar-refractivity contribution >= 4 is 46.6 Å². The van der Waals surface area contributed by atoms with Gasteiger partial charge in [-0.25, -0.2) is 27.9 Å². The fraction of sp³-hybridized carbons (Fsp3) is 0.353. The number of fused-ring (bicyclic) bond motifs is 2. The van der Waals surface area contributed by atoms with Gasteiger partial charge >= 0.3 is 37.4 Å². The van der Waals surface area contributed by atoms with Crippen molar-refractivity contribution in [3.63, 3.8) is 0 Å². The van der Waals surface area contributed by atoms with Crippen LogP contribution in [-0.4, -0.2) is 62.9 Å². The van der Waals surface area contributed by atoms with Crippen LogP contribution in [-0.2, 0) is 28.4 Å². The molecule has 3 aromatic rings. The molecule has 35 heavy (non-hydrogen) atoms. The van der Waals surface area contributed by atoms with Crippen molar-refractivity contribution in [2.45, 2.75) is 36.4 Å². The number of rotatable bonds is 3. The average molecular weight is 557 g/mol. The van der Waals surface area contributed by atoms with Gasteiger partial charge in [0.15, 0.2) is 17.7 Å². The van der Waals surface area contributed by atoms with Gasteiger partial charge in [0.25, 0.3) is 0 Å². The van der Waals surface area contributed by atoms with E-state index in [1.807, 2.05) is 6.92 Å². The molecule has 0 aliphatic carbocycles. The van der Waals surface area contributed by atoms with E-state index >= 15 is 0 Å². The summed E-state index contributed by atoms with van der Waals surface area (Å²) in [5.74, 6) is 0.202. The zero-order chi connectivity index (χ0) is 24.7. The van der Waals surface area contributed by atoms with Gasteiger partial charge in [-0.05, 0) is 19.1 Å². The maximum atomic E-state index is 11.5. The van der Waals surface area contributed by atoms with Gasteiger partial charge in [0, 0.05) is 4.90 Å². The summed E-state index contributed by atoms with van der Waals surface area (Å²) in [5.41, 5.74) is 7.45. The molecule has 0 saturated carbocycles. The van der Waals surface area contributed by atoms with Crippen molar-refractivity contribution in [2.24, 2.45) is 0 Å². The molecule has 184 valence electrons. The van der Waals surface area contributed by atoms with Gasteiger partial charge in [0.2, 0.25) is 0 Å². The fourth-order valence-corrected chi connectivity index (χ4v) is 5.13. The SMILES string of the molecule is Cc1ccc(S(=O)(=O)[N-]Cl)cc1.Nc1ncnc2c1ncn2[C@@H]1O[C@@H]2COP(=O)(O)O[C@H]2[C@H]1O.[Na+]. The summed E-state index contributed by atoms with van der Waals surface area (Å²) in [7, 11) is -7.79. The van der Waals surface area contributed by atoms with Crippen LogP contribution in [0.4, 0.5) is 5.82 Å². The van der Waals surface area contributed by atoms with Crippen molar-refractivity contribution in [3.8, 4) is 0 Å². The number of ether oxygens (including phenoxy) is 1. The van der Waals surface area contributed by atoms with Crippen LogP contribution in [0.15, 0.2) is 41.8 Å². The molecule has 2 aromatic heterocycles. The summed E-state index contributed by atoms with van der Waals surface area (Å²) in [6.07, 6.45) is -1.07. The maximum absolute atomic E-state index is 11.5. The van der Waals surface area contributed by atoms with Gasteiger partial charge in [-0.15, -0.1) is 0 Å². The Morgan fingerprint density at radius 3 is 2.60 bits per heavy atom. The number of imidazole rings is 1. The zero-order valence-electron chi connectivity index (χ0n) is 18.4. The minimum absolute atomic E-state index is 0. The smallest absolute Gasteiger partial charge is 0.458 e. The number of nitrogens with two attached hydrogens (primary N) is 1. The predicted octanol–water partition coefficient (Wildman–Crippen LogP) is -1.60. The molecule has 2 saturated heterocycles. The van der Waals surface area contributed by atoms with Crippen LogP contribution in [0.25, 0.3) is 15.4 Å². The van der Waals surface area contributed by atoms with Gasteiger partial charge in [0.1, 0.15) is 40.2 Å². The van der Waals surface area contributed by atoms with Crippen LogP contribution in [0.3, 0.4) is 0 Å². The number of hydrogen-bond acceptors (Lipinski definition) is 11. The number of anilines is 1. The summed E-state index contributed by atoms with van der Waals surface area (Å²) in [6, 6.07) is 6.32. The Morgan fingerprint density at radius 1 is 1.26 bits per heavy atom. The Labute approximate surface area is 226 Å². The van der Waals surface area contributed by atoms with Crippen molar-refractivity contribution in [1.29, 1.82) is 0 Å². The summed E-state index contributed by atoms with van der Waals surface area (Å²) in [4.78, 5) is 21.5. The number of aliphatic hydroxyl groups excluding tert-OH is 1. The summed E-state index contributed by atoms with van der Waals surface area (Å²) in [5, 5.41) is 10.4. The Balaban J connectivity index is 0.000000226. The number of sulfonamides is 1. The molecule has 14 nitrogen and oxygen atoms in total. The van der Waals surface area contributed by atoms with Crippen molar-refractivity contribution in [1.82, 2.24) is 19.5 Å². The van der Waals surface area contributed by atoms with E-state index in [1.54, 1.807) is 12.1 Å². The normalized spacial score (nSPS) is 28.0. The van der Waals surface area contributed by atoms with Crippen LogP contribution in [0.1, 0.15) is 11.8 Å². The third-order valence-corrected chi connectivity index (χ3v) is 7.62. The second-order valence-corrected chi connectivity index (χ2v) is 10.7. The van der Waals surface area contributed by atoms with Crippen LogP contribution < -0.4 is 35.3 Å². The summed E-state index contributed by atoms with van der Waals surface area (Å²) >= 11 is 4.90. The Kier molecular flexibility index (Phi) is 8.95. The van der Waals surface area contributed by atoms with Crippen molar-refractivity contribution in [3.05, 3.63) is 46.7 Å². The van der Waals surface area contributed by atoms with E-state index in [-0.39, 0.29) is 46.9 Å². The molecule has 0 bridgehead atoms. The zero-order valence-corrected chi connectivity index (χ0v) is 22.8. The number of phosphoric acid groups is 1. The first-order chi connectivity index (χ1) is 16.0. The van der Waals surface area contributed by atoms with E-state index in [2.05, 4.69) is 23.7 Å². The molecule has 4 N–H and O–H groups in total. The van der Waals surface area contributed by atoms with E-state index in [9.17, 15) is 23.0 Å². The second-order valence-electron chi connectivity index (χ2n) is 7.33. The number of nitrogen functional groups attached to an aromatic ring is 1. The summed E-state index contributed by atoms with van der Waals surface area (Å²) in [6.45, 7) is 1.71. The Bertz CT molecular complexity index is 1350. The Hall–Kier alpha value is -1.20. The Morgan fingerprint density at radius 2 is 1.94 bits per heavy atom. The number of aromatic nitrogens is 4. The quantitative estimate of drug-likeness (QED) is 0.246. The molecule has 2 aliphatic rings. The van der Waals surface area contributed by atoms with E-state index in [1.165, 1.54) is 29.4 Å². The first kappa shape index (κ1) is 28.4. The van der Waals surface area contributed by atoms with E-state index in [4.69, 9.17) is 26.8 Å². The molecule has 0 spiro atoms. The van der Waals surface area contributed by atoms with Crippen LogP contribution >= 0.6 is 19.6 Å². The number of aryl methyl sites for hydroxylation is 1. The number of halogens is 1. The molecule has 2 fully saturated rings. The molecule has 1 aromatic carbocycles. The first-order valence-corrected chi connectivity index (χ1v) is 12.9. The molecule has 2 aliphatic heterocycles. The minimum atomic E-state index is -4.16. The maximum Gasteiger partial charge on any atom is 1.00 e. The number of nitrogens with zero attached hydrogens (tertiary/aromatic N) is 5. The third-order valence-electron chi connectivity index (χ3n) is 5.04. The minimum Gasteiger partial charge on any atom is -0.458 e. The van der Waals surface area contributed by atoms with Gasteiger partial charge in [-0.2, -0.15) is 0 Å². The molecular weight excluding hydrogens is 538 g/mol. The standard InChI is InChI=1S/C10H12N5O6P.C7H7ClNO2S.Na/c11-8-5-9(13-2-12-8)15(3-14-5)10-6(16)7-4(20-10)1-19-22(17,18)21-7;1-6-2-4-7(5-3-6)12(10,11)9-8;/h2-4,6-7,10,16H,1H2,(H,17,18)(H2,11,12,13);2-5H,1H3;/q;-1;+1/t4-,6-,7-,10-;;/m1../s1. The predicted molar refractivity (Wildman–Crippen MR) is 118 cm³/mol. The van der Waals surface area contributed by atoms with Gasteiger partial charge in [-0.3, -0.25) is 25.4 Å². The topological polar surface area (TPSA) is 203 Å². The molecular formula is C17H19ClN6NaO8PS. The summed E-state index contributed by atoms with van der Waals surface area (Å²) < 4.78 is 53.0. The monoisotopic (exact) mass is 556 g/mol. The molecule has 4 heterocycles. The number of aliphatic hydroxyl groups is 1. The molecule has 5 rings (SSSR count). The number of benzene rings is 1. The average Bonchev–Trinajstić information content (AvgIpc) is 3.36. The van der Waals surface area contributed by atoms with Crippen LogP contribution in [0.2, 0.25) is 0 Å². The molecule has 5 atom stereocenters. The molecule has 1 unspecified atom stereocenters. The number of phosphoric ester groups is 1. The van der Waals surface area contributed by atoms with E-state index in [0.29, 0.717) is 11.2 Å². The van der Waals surface area contributed by atoms with E-state index in [0.717, 1.165) is 5.56 Å². The molecule has 18 heteroatoms. The fourth-order valence-electron chi connectivity index (χ4n) is 3.37. The van der Waals surface area contributed by atoms with Crippen molar-refractivity contribution in [2.75, 3.05) is 12.3 Å². The van der Waals surface area contributed by atoms with Crippen LogP contribution in [0, 0.1) is 6.92 Å². The third kappa shape index (κ3) is 6.04. The molecule has 0 radical (unpaired) electrons. The number of hydrogen-bond donors (Lipinski definition) is 3. The second kappa shape index (κ2) is 11.0. The van der Waals surface area contributed by atoms with Crippen molar-refractivity contribution < 1.29 is 66.3 Å².